The zero-order chi connectivity index (χ0) is 16.3. The van der Waals surface area contributed by atoms with Crippen LogP contribution in [0.25, 0.3) is 0 Å². The molecular weight excluding hydrogens is 292 g/mol. The summed E-state index contributed by atoms with van der Waals surface area (Å²) >= 11 is 0. The number of carboxylic acids is 1. The predicted octanol–water partition coefficient (Wildman–Crippen LogP) is 1.81. The second kappa shape index (κ2) is 6.99. The minimum atomic E-state index is -0.894. The molecule has 2 aliphatic rings. The molecular formula is C18H26N2O3. The highest BCUT2D eigenvalue weighted by Gasteiger charge is 2.35. The summed E-state index contributed by atoms with van der Waals surface area (Å²) in [7, 11) is 0. The van der Waals surface area contributed by atoms with Crippen LogP contribution < -0.4 is 0 Å². The second-order valence-electron chi connectivity index (χ2n) is 7.02. The lowest BCUT2D eigenvalue weighted by Crippen LogP contribution is -2.53. The zero-order valence-corrected chi connectivity index (χ0v) is 13.6. The molecule has 0 amide bonds. The van der Waals surface area contributed by atoms with Gasteiger partial charge in [-0.25, -0.2) is 4.79 Å². The van der Waals surface area contributed by atoms with Crippen LogP contribution in [0.2, 0.25) is 0 Å². The van der Waals surface area contributed by atoms with Crippen LogP contribution in [0.1, 0.15) is 41.6 Å². The fourth-order valence-electron chi connectivity index (χ4n) is 3.84. The van der Waals surface area contributed by atoms with Gasteiger partial charge in [0.15, 0.2) is 0 Å². The smallest absolute Gasteiger partial charge is 0.335 e. The molecule has 2 heterocycles. The highest BCUT2D eigenvalue weighted by molar-refractivity contribution is 5.87. The fourth-order valence-corrected chi connectivity index (χ4v) is 3.84. The summed E-state index contributed by atoms with van der Waals surface area (Å²) < 4.78 is 0. The number of piperidine rings is 1. The van der Waals surface area contributed by atoms with Gasteiger partial charge in [0.25, 0.3) is 0 Å². The standard InChI is InChI=1S/C18H26N2O3/c21-17(22)16-6-4-15(5-7-16)12-20-11-3-8-18(23,14-20)13-19-9-1-2-10-19/h4-7,23H,1-3,8-14H2,(H,21,22). The molecule has 2 N–H and O–H groups in total. The first-order chi connectivity index (χ1) is 11.0. The number of likely N-dealkylation sites (tertiary alicyclic amines) is 2. The first kappa shape index (κ1) is 16.4. The molecule has 1 aromatic carbocycles. The molecule has 5 nitrogen and oxygen atoms in total. The molecule has 5 heteroatoms. The summed E-state index contributed by atoms with van der Waals surface area (Å²) in [5, 5.41) is 19.9. The lowest BCUT2D eigenvalue weighted by atomic mass is 9.92. The Kier molecular flexibility index (Phi) is 4.99. The van der Waals surface area contributed by atoms with Crippen molar-refractivity contribution >= 4 is 5.97 Å². The first-order valence-electron chi connectivity index (χ1n) is 8.53. The van der Waals surface area contributed by atoms with Gasteiger partial charge in [-0.3, -0.25) is 4.90 Å². The molecule has 1 aromatic rings. The molecule has 0 radical (unpaired) electrons. The lowest BCUT2D eigenvalue weighted by molar-refractivity contribution is -0.0519. The monoisotopic (exact) mass is 318 g/mol. The predicted molar refractivity (Wildman–Crippen MR) is 88.5 cm³/mol. The molecule has 0 bridgehead atoms. The number of hydrogen-bond donors (Lipinski definition) is 2. The van der Waals surface area contributed by atoms with Crippen LogP contribution in [0, 0.1) is 0 Å². The Bertz CT molecular complexity index is 540. The highest BCUT2D eigenvalue weighted by atomic mass is 16.4. The summed E-state index contributed by atoms with van der Waals surface area (Å²) in [5.41, 5.74) is 0.808. The molecule has 0 aromatic heterocycles. The summed E-state index contributed by atoms with van der Waals surface area (Å²) in [4.78, 5) is 15.6. The van der Waals surface area contributed by atoms with Crippen molar-refractivity contribution in [2.75, 3.05) is 32.7 Å². The number of carbonyl (C=O) groups is 1. The van der Waals surface area contributed by atoms with Crippen molar-refractivity contribution in [3.05, 3.63) is 35.4 Å². The van der Waals surface area contributed by atoms with Crippen molar-refractivity contribution < 1.29 is 15.0 Å². The van der Waals surface area contributed by atoms with Gasteiger partial charge in [0, 0.05) is 19.6 Å². The minimum absolute atomic E-state index is 0.318. The Labute approximate surface area is 137 Å². The second-order valence-corrected chi connectivity index (χ2v) is 7.02. The van der Waals surface area contributed by atoms with Gasteiger partial charge in [0.05, 0.1) is 11.2 Å². The summed E-state index contributed by atoms with van der Waals surface area (Å²) in [5.74, 6) is -0.894. The van der Waals surface area contributed by atoms with Crippen LogP contribution in [-0.2, 0) is 6.54 Å². The van der Waals surface area contributed by atoms with Crippen LogP contribution in [0.3, 0.4) is 0 Å². The lowest BCUT2D eigenvalue weighted by Gasteiger charge is -2.41. The number of benzene rings is 1. The van der Waals surface area contributed by atoms with Crippen molar-refractivity contribution in [1.29, 1.82) is 0 Å². The van der Waals surface area contributed by atoms with Crippen molar-refractivity contribution in [1.82, 2.24) is 9.80 Å². The molecule has 126 valence electrons. The minimum Gasteiger partial charge on any atom is -0.478 e. The molecule has 1 unspecified atom stereocenters. The summed E-state index contributed by atoms with van der Waals surface area (Å²) in [6.07, 6.45) is 4.38. The molecule has 0 aliphatic carbocycles. The number of carboxylic acid groups (broad SMARTS) is 1. The van der Waals surface area contributed by atoms with E-state index in [1.54, 1.807) is 12.1 Å². The van der Waals surface area contributed by atoms with E-state index in [1.165, 1.54) is 12.8 Å². The maximum atomic E-state index is 10.9. The number of rotatable bonds is 5. The molecule has 0 saturated carbocycles. The van der Waals surface area contributed by atoms with Gasteiger partial charge in [-0.2, -0.15) is 0 Å². The molecule has 2 fully saturated rings. The van der Waals surface area contributed by atoms with E-state index < -0.39 is 11.6 Å². The van der Waals surface area contributed by atoms with Crippen LogP contribution in [0.5, 0.6) is 0 Å². The third-order valence-corrected chi connectivity index (χ3v) is 4.96. The van der Waals surface area contributed by atoms with Gasteiger partial charge in [-0.05, 0) is 63.0 Å². The maximum absolute atomic E-state index is 10.9. The Hall–Kier alpha value is -1.43. The van der Waals surface area contributed by atoms with Crippen LogP contribution in [0.15, 0.2) is 24.3 Å². The Balaban J connectivity index is 1.58. The van der Waals surface area contributed by atoms with Crippen LogP contribution in [0.4, 0.5) is 0 Å². The van der Waals surface area contributed by atoms with Gasteiger partial charge >= 0.3 is 5.97 Å². The molecule has 2 saturated heterocycles. The van der Waals surface area contributed by atoms with E-state index >= 15 is 0 Å². The number of β-amino-alcohol motifs (C(OH)–C–C–N with tert-alkyl or cyclic N) is 1. The van der Waals surface area contributed by atoms with Gasteiger partial charge in [0.2, 0.25) is 0 Å². The Morgan fingerprint density at radius 3 is 2.35 bits per heavy atom. The van der Waals surface area contributed by atoms with Gasteiger partial charge < -0.3 is 15.1 Å². The molecule has 1 atom stereocenters. The van der Waals surface area contributed by atoms with Crippen molar-refractivity contribution in [2.24, 2.45) is 0 Å². The molecule has 23 heavy (non-hydrogen) atoms. The SMILES string of the molecule is O=C(O)c1ccc(CN2CCCC(O)(CN3CCCC3)C2)cc1. The Morgan fingerprint density at radius 2 is 1.70 bits per heavy atom. The summed E-state index contributed by atoms with van der Waals surface area (Å²) in [6, 6.07) is 7.05. The van der Waals surface area contributed by atoms with E-state index in [-0.39, 0.29) is 0 Å². The highest BCUT2D eigenvalue weighted by Crippen LogP contribution is 2.25. The van der Waals surface area contributed by atoms with Crippen molar-refractivity contribution in [3.8, 4) is 0 Å². The Morgan fingerprint density at radius 1 is 1.04 bits per heavy atom. The molecule has 2 aliphatic heterocycles. The average Bonchev–Trinajstić information content (AvgIpc) is 3.00. The van der Waals surface area contributed by atoms with Crippen molar-refractivity contribution in [3.63, 3.8) is 0 Å². The van der Waals surface area contributed by atoms with Gasteiger partial charge in [-0.1, -0.05) is 12.1 Å². The van der Waals surface area contributed by atoms with E-state index in [9.17, 15) is 9.90 Å². The number of hydrogen-bond acceptors (Lipinski definition) is 4. The van der Waals surface area contributed by atoms with E-state index in [0.29, 0.717) is 12.1 Å². The van der Waals surface area contributed by atoms with E-state index in [1.807, 2.05) is 12.1 Å². The largest absolute Gasteiger partial charge is 0.478 e. The normalized spacial score (nSPS) is 26.5. The molecule has 0 spiro atoms. The van der Waals surface area contributed by atoms with Crippen molar-refractivity contribution in [2.45, 2.75) is 37.8 Å². The number of aromatic carboxylic acids is 1. The van der Waals surface area contributed by atoms with Crippen LogP contribution in [-0.4, -0.2) is 64.3 Å². The van der Waals surface area contributed by atoms with E-state index in [4.69, 9.17) is 5.11 Å². The number of nitrogens with zero attached hydrogens (tertiary/aromatic N) is 2. The van der Waals surface area contributed by atoms with E-state index in [0.717, 1.165) is 51.1 Å². The van der Waals surface area contributed by atoms with Gasteiger partial charge in [-0.15, -0.1) is 0 Å². The number of aliphatic hydroxyl groups is 1. The average molecular weight is 318 g/mol. The molecule has 3 rings (SSSR count). The zero-order valence-electron chi connectivity index (χ0n) is 13.6. The fraction of sp³-hybridized carbons (Fsp3) is 0.611. The van der Waals surface area contributed by atoms with Crippen LogP contribution >= 0.6 is 0 Å². The van der Waals surface area contributed by atoms with E-state index in [2.05, 4.69) is 9.80 Å². The third-order valence-electron chi connectivity index (χ3n) is 4.96. The third kappa shape index (κ3) is 4.31. The quantitative estimate of drug-likeness (QED) is 0.867. The summed E-state index contributed by atoms with van der Waals surface area (Å²) in [6.45, 7) is 5.45. The maximum Gasteiger partial charge on any atom is 0.335 e. The van der Waals surface area contributed by atoms with Gasteiger partial charge in [0.1, 0.15) is 0 Å². The topological polar surface area (TPSA) is 64.0 Å². The first-order valence-corrected chi connectivity index (χ1v) is 8.53.